The first-order valence-corrected chi connectivity index (χ1v) is 12.1. The van der Waals surface area contributed by atoms with Gasteiger partial charge in [0.25, 0.3) is 0 Å². The van der Waals surface area contributed by atoms with Crippen LogP contribution in [0.25, 0.3) is 0 Å². The molecular weight excluding hydrogens is 428 g/mol. The summed E-state index contributed by atoms with van der Waals surface area (Å²) in [6.45, 7) is 12.3. The van der Waals surface area contributed by atoms with Gasteiger partial charge < -0.3 is 9.64 Å². The van der Waals surface area contributed by atoms with E-state index in [1.54, 1.807) is 0 Å². The Kier molecular flexibility index (Phi) is 6.81. The minimum Gasteiger partial charge on any atom is -0.457 e. The zero-order valence-corrected chi connectivity index (χ0v) is 21.0. The molecule has 0 aromatic heterocycles. The summed E-state index contributed by atoms with van der Waals surface area (Å²) in [6.07, 6.45) is 4.11. The Morgan fingerprint density at radius 2 is 1.85 bits per heavy atom. The average molecular weight is 461 g/mol. The fourth-order valence-corrected chi connectivity index (χ4v) is 5.02. The molecule has 1 unspecified atom stereocenters. The maximum atomic E-state index is 6.73. The van der Waals surface area contributed by atoms with Crippen molar-refractivity contribution in [2.75, 3.05) is 11.4 Å². The molecular formula is C29H33ClN2O. The number of aliphatic imine (C=N–C) groups is 1. The Labute approximate surface area is 203 Å². The van der Waals surface area contributed by atoms with E-state index in [0.29, 0.717) is 5.92 Å². The van der Waals surface area contributed by atoms with Gasteiger partial charge >= 0.3 is 0 Å². The molecule has 0 aliphatic carbocycles. The Bertz CT molecular complexity index is 1150. The Morgan fingerprint density at radius 3 is 2.55 bits per heavy atom. The SMILES string of the molecule is CCCN1c2cc(Cl)c(C=Nc3ccc(Oc4ccccc4C)cc3)cc2C(C)CC1(C)C. The third-order valence-corrected chi connectivity index (χ3v) is 6.79. The van der Waals surface area contributed by atoms with Crippen LogP contribution in [0.3, 0.4) is 0 Å². The molecule has 172 valence electrons. The molecule has 0 spiro atoms. The standard InChI is InChI=1S/C29H33ClN2O/c1-6-15-32-27-17-26(30)22(16-25(27)21(3)18-29(32,4)5)19-31-23-11-13-24(14-12-23)33-28-10-8-7-9-20(28)2/h7-14,16-17,19,21H,6,15,18H2,1-5H3. The highest BCUT2D eigenvalue weighted by Crippen LogP contribution is 2.45. The number of benzene rings is 3. The van der Waals surface area contributed by atoms with E-state index in [4.69, 9.17) is 16.3 Å². The van der Waals surface area contributed by atoms with Gasteiger partial charge in [-0.3, -0.25) is 4.99 Å². The van der Waals surface area contributed by atoms with E-state index in [0.717, 1.165) is 52.7 Å². The number of hydrogen-bond acceptors (Lipinski definition) is 3. The maximum Gasteiger partial charge on any atom is 0.130 e. The molecule has 0 bridgehead atoms. The number of anilines is 1. The van der Waals surface area contributed by atoms with E-state index in [-0.39, 0.29) is 5.54 Å². The second-order valence-corrected chi connectivity index (χ2v) is 10.0. The first-order chi connectivity index (χ1) is 15.8. The summed E-state index contributed by atoms with van der Waals surface area (Å²) in [5, 5.41) is 0.739. The second-order valence-electron chi connectivity index (χ2n) is 9.62. The van der Waals surface area contributed by atoms with E-state index in [2.05, 4.69) is 49.7 Å². The van der Waals surface area contributed by atoms with Gasteiger partial charge in [0.15, 0.2) is 0 Å². The van der Waals surface area contributed by atoms with Crippen LogP contribution in [0.1, 0.15) is 63.1 Å². The molecule has 0 N–H and O–H groups in total. The molecule has 1 heterocycles. The van der Waals surface area contributed by atoms with Crippen LogP contribution in [0, 0.1) is 6.92 Å². The molecule has 33 heavy (non-hydrogen) atoms. The summed E-state index contributed by atoms with van der Waals surface area (Å²) >= 11 is 6.73. The topological polar surface area (TPSA) is 24.8 Å². The van der Waals surface area contributed by atoms with Crippen molar-refractivity contribution in [3.8, 4) is 11.5 Å². The number of rotatable bonds is 6. The van der Waals surface area contributed by atoms with E-state index < -0.39 is 0 Å². The van der Waals surface area contributed by atoms with Crippen LogP contribution >= 0.6 is 11.6 Å². The van der Waals surface area contributed by atoms with Crippen LogP contribution in [0.5, 0.6) is 11.5 Å². The van der Waals surface area contributed by atoms with Gasteiger partial charge in [0.05, 0.1) is 10.7 Å². The van der Waals surface area contributed by atoms with E-state index >= 15 is 0 Å². The molecule has 0 radical (unpaired) electrons. The van der Waals surface area contributed by atoms with Crippen LogP contribution in [-0.2, 0) is 0 Å². The highest BCUT2D eigenvalue weighted by molar-refractivity contribution is 6.33. The number of fused-ring (bicyclic) bond motifs is 1. The summed E-state index contributed by atoms with van der Waals surface area (Å²) < 4.78 is 5.99. The lowest BCUT2D eigenvalue weighted by molar-refractivity contribution is 0.376. The Morgan fingerprint density at radius 1 is 1.12 bits per heavy atom. The average Bonchev–Trinajstić information content (AvgIpc) is 2.78. The molecule has 0 fully saturated rings. The van der Waals surface area contributed by atoms with E-state index in [1.807, 2.05) is 61.7 Å². The minimum atomic E-state index is 0.128. The molecule has 3 nitrogen and oxygen atoms in total. The molecule has 4 heteroatoms. The number of hydrogen-bond donors (Lipinski definition) is 0. The van der Waals surface area contributed by atoms with Crippen molar-refractivity contribution >= 4 is 29.2 Å². The van der Waals surface area contributed by atoms with Crippen LogP contribution in [-0.4, -0.2) is 18.3 Å². The monoisotopic (exact) mass is 460 g/mol. The predicted molar refractivity (Wildman–Crippen MR) is 141 cm³/mol. The van der Waals surface area contributed by atoms with Crippen molar-refractivity contribution in [1.82, 2.24) is 0 Å². The molecule has 1 atom stereocenters. The van der Waals surface area contributed by atoms with Crippen LogP contribution < -0.4 is 9.64 Å². The summed E-state index contributed by atoms with van der Waals surface area (Å²) in [6, 6.07) is 20.2. The van der Waals surface area contributed by atoms with Gasteiger partial charge in [-0.15, -0.1) is 0 Å². The second kappa shape index (κ2) is 9.61. The predicted octanol–water partition coefficient (Wildman–Crippen LogP) is 8.69. The molecule has 0 saturated heterocycles. The van der Waals surface area contributed by atoms with Gasteiger partial charge in [0.2, 0.25) is 0 Å². The lowest BCUT2D eigenvalue weighted by atomic mass is 9.79. The zero-order valence-electron chi connectivity index (χ0n) is 20.2. The molecule has 1 aliphatic heterocycles. The summed E-state index contributed by atoms with van der Waals surface area (Å²) in [5.41, 5.74) is 5.68. The van der Waals surface area contributed by atoms with Crippen molar-refractivity contribution < 1.29 is 4.74 Å². The lowest BCUT2D eigenvalue weighted by Crippen LogP contribution is -2.48. The number of nitrogens with zero attached hydrogens (tertiary/aromatic N) is 2. The first-order valence-electron chi connectivity index (χ1n) is 11.8. The third kappa shape index (κ3) is 5.09. The number of halogens is 1. The Hall–Kier alpha value is -2.78. The van der Waals surface area contributed by atoms with Crippen molar-refractivity contribution in [1.29, 1.82) is 0 Å². The van der Waals surface area contributed by atoms with Gasteiger partial charge in [-0.25, -0.2) is 0 Å². The fourth-order valence-electron chi connectivity index (χ4n) is 4.81. The van der Waals surface area contributed by atoms with Crippen LogP contribution in [0.2, 0.25) is 5.02 Å². The maximum absolute atomic E-state index is 6.73. The van der Waals surface area contributed by atoms with Crippen molar-refractivity contribution in [3.63, 3.8) is 0 Å². The lowest BCUT2D eigenvalue weighted by Gasteiger charge is -2.47. The summed E-state index contributed by atoms with van der Waals surface area (Å²) in [5.74, 6) is 2.14. The highest BCUT2D eigenvalue weighted by atomic mass is 35.5. The van der Waals surface area contributed by atoms with Crippen molar-refractivity contribution in [3.05, 3.63) is 82.4 Å². The van der Waals surface area contributed by atoms with Crippen molar-refractivity contribution in [2.24, 2.45) is 4.99 Å². The largest absolute Gasteiger partial charge is 0.457 e. The van der Waals surface area contributed by atoms with Gasteiger partial charge in [-0.2, -0.15) is 0 Å². The third-order valence-electron chi connectivity index (χ3n) is 6.46. The molecule has 3 aromatic carbocycles. The molecule has 4 rings (SSSR count). The van der Waals surface area contributed by atoms with E-state index in [1.165, 1.54) is 11.3 Å². The molecule has 1 aliphatic rings. The number of para-hydroxylation sites is 1. The van der Waals surface area contributed by atoms with Gasteiger partial charge in [0, 0.05) is 29.5 Å². The summed E-state index contributed by atoms with van der Waals surface area (Å²) in [4.78, 5) is 7.20. The zero-order chi connectivity index (χ0) is 23.6. The molecule has 3 aromatic rings. The number of ether oxygens (including phenoxy) is 1. The van der Waals surface area contributed by atoms with E-state index in [9.17, 15) is 0 Å². The quantitative estimate of drug-likeness (QED) is 0.343. The fraction of sp³-hybridized carbons (Fsp3) is 0.345. The number of aryl methyl sites for hydroxylation is 1. The van der Waals surface area contributed by atoms with Crippen LogP contribution in [0.15, 0.2) is 65.7 Å². The summed E-state index contributed by atoms with van der Waals surface area (Å²) in [7, 11) is 0. The molecule has 0 amide bonds. The van der Waals surface area contributed by atoms with Gasteiger partial charge in [-0.05, 0) is 93.1 Å². The normalized spacial score (nSPS) is 17.3. The smallest absolute Gasteiger partial charge is 0.130 e. The van der Waals surface area contributed by atoms with Gasteiger partial charge in [-0.1, -0.05) is 43.6 Å². The van der Waals surface area contributed by atoms with Crippen LogP contribution in [0.4, 0.5) is 11.4 Å². The van der Waals surface area contributed by atoms with Crippen molar-refractivity contribution in [2.45, 2.75) is 58.9 Å². The first kappa shape index (κ1) is 23.4. The Balaban J connectivity index is 1.55. The van der Waals surface area contributed by atoms with Gasteiger partial charge in [0.1, 0.15) is 11.5 Å². The minimum absolute atomic E-state index is 0.128. The highest BCUT2D eigenvalue weighted by Gasteiger charge is 2.36. The molecule has 0 saturated carbocycles.